The molecule has 0 heterocycles. The van der Waals surface area contributed by atoms with Crippen molar-refractivity contribution in [3.63, 3.8) is 0 Å². The molecule has 4 nitrogen and oxygen atoms in total. The maximum absolute atomic E-state index is 12.5. The molecule has 0 radical (unpaired) electrons. The van der Waals surface area contributed by atoms with Gasteiger partial charge in [-0.25, -0.2) is 13.2 Å². The number of hydrogen-bond donors (Lipinski definition) is 0. The van der Waals surface area contributed by atoms with Crippen LogP contribution in [0.1, 0.15) is 28.8 Å². The van der Waals surface area contributed by atoms with Gasteiger partial charge in [0, 0.05) is 5.92 Å². The van der Waals surface area contributed by atoms with Crippen molar-refractivity contribution < 1.29 is 17.9 Å². The van der Waals surface area contributed by atoms with Crippen molar-refractivity contribution in [1.82, 2.24) is 0 Å². The van der Waals surface area contributed by atoms with Crippen LogP contribution >= 0.6 is 0 Å². The summed E-state index contributed by atoms with van der Waals surface area (Å²) in [6, 6.07) is 14.7. The van der Waals surface area contributed by atoms with Gasteiger partial charge >= 0.3 is 5.97 Å². The summed E-state index contributed by atoms with van der Waals surface area (Å²) in [6.07, 6.45) is 6.84. The second-order valence-electron chi connectivity index (χ2n) is 6.10. The number of terminal acetylenes is 1. The van der Waals surface area contributed by atoms with Crippen LogP contribution in [0.2, 0.25) is 0 Å². The van der Waals surface area contributed by atoms with E-state index in [1.54, 1.807) is 54.6 Å². The minimum atomic E-state index is -3.47. The van der Waals surface area contributed by atoms with Gasteiger partial charge in [-0.1, -0.05) is 36.3 Å². The van der Waals surface area contributed by atoms with E-state index in [1.165, 1.54) is 0 Å². The zero-order chi connectivity index (χ0) is 17.9. The van der Waals surface area contributed by atoms with Crippen LogP contribution in [0.5, 0.6) is 0 Å². The molecule has 0 spiro atoms. The average Bonchev–Trinajstić information content (AvgIpc) is 3.45. The Kier molecular flexibility index (Phi) is 4.91. The molecule has 0 aliphatic heterocycles. The first-order chi connectivity index (χ1) is 12.0. The Hall–Kier alpha value is -2.58. The molecule has 0 saturated heterocycles. The van der Waals surface area contributed by atoms with Crippen molar-refractivity contribution in [2.75, 3.05) is 0 Å². The first-order valence-electron chi connectivity index (χ1n) is 8.03. The molecule has 1 fully saturated rings. The SMILES string of the molecule is C#CC(OC(=O)c1cccc(CS(=O)(=O)c2ccccc2)c1)C1CC1. The molecular weight excluding hydrogens is 336 g/mol. The smallest absolute Gasteiger partial charge is 0.339 e. The van der Waals surface area contributed by atoms with Crippen LogP contribution in [-0.2, 0) is 20.3 Å². The first-order valence-corrected chi connectivity index (χ1v) is 9.69. The lowest BCUT2D eigenvalue weighted by atomic mass is 10.1. The highest BCUT2D eigenvalue weighted by atomic mass is 32.2. The van der Waals surface area contributed by atoms with Gasteiger partial charge in [-0.2, -0.15) is 0 Å². The lowest BCUT2D eigenvalue weighted by molar-refractivity contribution is 0.0374. The number of esters is 1. The maximum atomic E-state index is 12.5. The Balaban J connectivity index is 1.75. The van der Waals surface area contributed by atoms with Crippen molar-refractivity contribution >= 4 is 15.8 Å². The molecule has 128 valence electrons. The minimum Gasteiger partial charge on any atom is -0.445 e. The molecule has 0 aromatic heterocycles. The van der Waals surface area contributed by atoms with Crippen molar-refractivity contribution in [3.05, 3.63) is 65.7 Å². The van der Waals surface area contributed by atoms with Crippen LogP contribution in [0.3, 0.4) is 0 Å². The first kappa shape index (κ1) is 17.2. The monoisotopic (exact) mass is 354 g/mol. The molecule has 25 heavy (non-hydrogen) atoms. The Morgan fingerprint density at radius 2 is 1.88 bits per heavy atom. The molecule has 1 aliphatic rings. The van der Waals surface area contributed by atoms with Gasteiger partial charge in [-0.15, -0.1) is 6.42 Å². The molecule has 3 rings (SSSR count). The van der Waals surface area contributed by atoms with E-state index < -0.39 is 21.9 Å². The standard InChI is InChI=1S/C20H18O4S/c1-2-19(16-11-12-16)24-20(21)17-8-6-7-15(13-17)14-25(22,23)18-9-4-3-5-10-18/h1,3-10,13,16,19H,11-12,14H2. The topological polar surface area (TPSA) is 60.4 Å². The zero-order valence-corrected chi connectivity index (χ0v) is 14.4. The van der Waals surface area contributed by atoms with E-state index >= 15 is 0 Å². The van der Waals surface area contributed by atoms with E-state index in [4.69, 9.17) is 11.2 Å². The Morgan fingerprint density at radius 3 is 2.52 bits per heavy atom. The summed E-state index contributed by atoms with van der Waals surface area (Å²) in [5.74, 6) is 2.05. The van der Waals surface area contributed by atoms with Gasteiger partial charge in [-0.3, -0.25) is 0 Å². The van der Waals surface area contributed by atoms with E-state index in [1.807, 2.05) is 0 Å². The molecular formula is C20H18O4S. The molecule has 5 heteroatoms. The van der Waals surface area contributed by atoms with Crippen LogP contribution in [0.15, 0.2) is 59.5 Å². The Bertz CT molecular complexity index is 906. The van der Waals surface area contributed by atoms with E-state index in [2.05, 4.69) is 5.92 Å². The third kappa shape index (κ3) is 4.28. The lowest BCUT2D eigenvalue weighted by Gasteiger charge is -2.12. The Labute approximate surface area is 147 Å². The fourth-order valence-corrected chi connectivity index (χ4v) is 3.92. The molecule has 2 aromatic carbocycles. The number of hydrogen-bond acceptors (Lipinski definition) is 4. The molecule has 2 aromatic rings. The van der Waals surface area contributed by atoms with Gasteiger partial charge in [0.2, 0.25) is 0 Å². The summed E-state index contributed by atoms with van der Waals surface area (Å²) in [6.45, 7) is 0. The molecule has 1 unspecified atom stereocenters. The normalized spacial score (nSPS) is 15.2. The predicted molar refractivity (Wildman–Crippen MR) is 94.5 cm³/mol. The molecule has 0 amide bonds. The highest BCUT2D eigenvalue weighted by molar-refractivity contribution is 7.90. The van der Waals surface area contributed by atoms with Gasteiger partial charge in [-0.05, 0) is 42.7 Å². The maximum Gasteiger partial charge on any atom is 0.339 e. The highest BCUT2D eigenvalue weighted by Crippen LogP contribution is 2.34. The fourth-order valence-electron chi connectivity index (χ4n) is 2.57. The van der Waals surface area contributed by atoms with Crippen molar-refractivity contribution in [2.24, 2.45) is 5.92 Å². The van der Waals surface area contributed by atoms with E-state index in [0.29, 0.717) is 11.1 Å². The van der Waals surface area contributed by atoms with Crippen molar-refractivity contribution in [2.45, 2.75) is 29.6 Å². The number of ether oxygens (including phenoxy) is 1. The molecule has 0 N–H and O–H groups in total. The summed E-state index contributed by atoms with van der Waals surface area (Å²) >= 11 is 0. The van der Waals surface area contributed by atoms with E-state index in [0.717, 1.165) is 12.8 Å². The van der Waals surface area contributed by atoms with Gasteiger partial charge in [0.25, 0.3) is 0 Å². The largest absolute Gasteiger partial charge is 0.445 e. The summed E-state index contributed by atoms with van der Waals surface area (Å²) in [4.78, 5) is 12.5. The summed E-state index contributed by atoms with van der Waals surface area (Å²) < 4.78 is 30.3. The minimum absolute atomic E-state index is 0.181. The second-order valence-corrected chi connectivity index (χ2v) is 8.09. The number of sulfone groups is 1. The zero-order valence-electron chi connectivity index (χ0n) is 13.6. The summed E-state index contributed by atoms with van der Waals surface area (Å²) in [7, 11) is -3.47. The van der Waals surface area contributed by atoms with Gasteiger partial charge in [0.05, 0.1) is 16.2 Å². The third-order valence-corrected chi connectivity index (χ3v) is 5.77. The number of carbonyl (C=O) groups is 1. The van der Waals surface area contributed by atoms with Crippen molar-refractivity contribution in [3.8, 4) is 12.3 Å². The Morgan fingerprint density at radius 1 is 1.16 bits per heavy atom. The summed E-state index contributed by atoms with van der Waals surface area (Å²) in [5.41, 5.74) is 0.837. The van der Waals surface area contributed by atoms with Crippen LogP contribution in [0.25, 0.3) is 0 Å². The predicted octanol–water partition coefficient (Wildman–Crippen LogP) is 3.23. The van der Waals surface area contributed by atoms with E-state index in [-0.39, 0.29) is 16.6 Å². The molecule has 0 bridgehead atoms. The van der Waals surface area contributed by atoms with Crippen LogP contribution < -0.4 is 0 Å². The molecule has 1 atom stereocenters. The van der Waals surface area contributed by atoms with Crippen LogP contribution in [0.4, 0.5) is 0 Å². The second kappa shape index (κ2) is 7.12. The lowest BCUT2D eigenvalue weighted by Crippen LogP contribution is -2.18. The van der Waals surface area contributed by atoms with Crippen molar-refractivity contribution in [1.29, 1.82) is 0 Å². The fraction of sp³-hybridized carbons (Fsp3) is 0.250. The quantitative estimate of drug-likeness (QED) is 0.590. The summed E-state index contributed by atoms with van der Waals surface area (Å²) in [5, 5.41) is 0. The van der Waals surface area contributed by atoms with Gasteiger partial charge in [0.1, 0.15) is 0 Å². The van der Waals surface area contributed by atoms with Crippen LogP contribution in [-0.4, -0.2) is 20.5 Å². The third-order valence-electron chi connectivity index (χ3n) is 4.07. The molecule has 1 saturated carbocycles. The van der Waals surface area contributed by atoms with Gasteiger partial charge < -0.3 is 4.74 Å². The number of rotatable bonds is 6. The molecule has 1 aliphatic carbocycles. The number of carbonyl (C=O) groups excluding carboxylic acids is 1. The van der Waals surface area contributed by atoms with Gasteiger partial charge in [0.15, 0.2) is 15.9 Å². The number of benzene rings is 2. The average molecular weight is 354 g/mol. The highest BCUT2D eigenvalue weighted by Gasteiger charge is 2.33. The van der Waals surface area contributed by atoms with Crippen LogP contribution in [0, 0.1) is 18.3 Å². The van der Waals surface area contributed by atoms with E-state index in [9.17, 15) is 13.2 Å².